The van der Waals surface area contributed by atoms with E-state index >= 15 is 0 Å². The number of carbonyl (C=O) groups excluding carboxylic acids is 1. The average molecular weight is 207 g/mol. The molecule has 0 aliphatic carbocycles. The van der Waals surface area contributed by atoms with Gasteiger partial charge in [0.1, 0.15) is 5.82 Å². The van der Waals surface area contributed by atoms with Crippen LogP contribution in [0.15, 0.2) is 18.3 Å². The minimum atomic E-state index is 0.531. The summed E-state index contributed by atoms with van der Waals surface area (Å²) in [6.45, 7) is 6.55. The van der Waals surface area contributed by atoms with Gasteiger partial charge in [0.05, 0.1) is 0 Å². The Morgan fingerprint density at radius 2 is 2.20 bits per heavy atom. The Bertz CT molecular complexity index is 310. The van der Waals surface area contributed by atoms with E-state index in [1.54, 1.807) is 6.20 Å². The van der Waals surface area contributed by atoms with E-state index in [0.717, 1.165) is 24.5 Å². The summed E-state index contributed by atoms with van der Waals surface area (Å²) in [7, 11) is 0. The van der Waals surface area contributed by atoms with Gasteiger partial charge in [-0.2, -0.15) is 0 Å². The normalized spacial score (nSPS) is 9.73. The van der Waals surface area contributed by atoms with E-state index in [-0.39, 0.29) is 0 Å². The van der Waals surface area contributed by atoms with Gasteiger partial charge in [0.15, 0.2) is 0 Å². The molecule has 1 N–H and O–H groups in total. The quantitative estimate of drug-likeness (QED) is 0.712. The number of nitrogens with one attached hydrogen (secondary N) is 1. The van der Waals surface area contributed by atoms with Crippen LogP contribution in [0.5, 0.6) is 0 Å². The van der Waals surface area contributed by atoms with Crippen LogP contribution in [0.4, 0.5) is 5.82 Å². The molecule has 4 heteroatoms. The largest absolute Gasteiger partial charge is 0.357 e. The molecule has 0 atom stereocenters. The number of aromatic nitrogens is 1. The van der Waals surface area contributed by atoms with Crippen LogP contribution in [0, 0.1) is 0 Å². The molecule has 0 aliphatic heterocycles. The van der Waals surface area contributed by atoms with Crippen LogP contribution in [0.25, 0.3) is 0 Å². The molecule has 0 spiro atoms. The van der Waals surface area contributed by atoms with Crippen molar-refractivity contribution in [2.75, 3.05) is 18.0 Å². The number of nitrogens with zero attached hydrogens (tertiary/aromatic N) is 2. The summed E-state index contributed by atoms with van der Waals surface area (Å²) >= 11 is 0. The lowest BCUT2D eigenvalue weighted by molar-refractivity contribution is -0.109. The van der Waals surface area contributed by atoms with Crippen molar-refractivity contribution >= 4 is 12.2 Å². The van der Waals surface area contributed by atoms with Gasteiger partial charge in [-0.15, -0.1) is 0 Å². The fraction of sp³-hybridized carbons (Fsp3) is 0.455. The summed E-state index contributed by atoms with van der Waals surface area (Å²) in [5, 5.41) is 2.66. The molecule has 0 aromatic carbocycles. The van der Waals surface area contributed by atoms with Crippen LogP contribution < -0.4 is 10.2 Å². The van der Waals surface area contributed by atoms with Gasteiger partial charge in [-0.25, -0.2) is 4.98 Å². The minimum Gasteiger partial charge on any atom is -0.357 e. The molecule has 0 saturated carbocycles. The van der Waals surface area contributed by atoms with E-state index < -0.39 is 0 Å². The first-order valence-corrected chi connectivity index (χ1v) is 5.19. The SMILES string of the molecule is CCN(CC)c1ncccc1CNC=O. The van der Waals surface area contributed by atoms with Gasteiger partial charge in [-0.1, -0.05) is 6.07 Å². The third-order valence-corrected chi connectivity index (χ3v) is 2.31. The van der Waals surface area contributed by atoms with Gasteiger partial charge < -0.3 is 10.2 Å². The van der Waals surface area contributed by atoms with Crippen molar-refractivity contribution in [3.05, 3.63) is 23.9 Å². The number of carbonyl (C=O) groups is 1. The third kappa shape index (κ3) is 2.94. The van der Waals surface area contributed by atoms with Gasteiger partial charge >= 0.3 is 0 Å². The Morgan fingerprint density at radius 3 is 2.80 bits per heavy atom. The van der Waals surface area contributed by atoms with Crippen LogP contribution in [-0.4, -0.2) is 24.5 Å². The molecule has 1 rings (SSSR count). The summed E-state index contributed by atoms with van der Waals surface area (Å²) in [4.78, 5) is 16.8. The highest BCUT2D eigenvalue weighted by atomic mass is 16.1. The molecule has 0 bridgehead atoms. The maximum Gasteiger partial charge on any atom is 0.207 e. The number of hydrogen-bond acceptors (Lipinski definition) is 3. The smallest absolute Gasteiger partial charge is 0.207 e. The maximum absolute atomic E-state index is 10.3. The van der Waals surface area contributed by atoms with Crippen molar-refractivity contribution < 1.29 is 4.79 Å². The van der Waals surface area contributed by atoms with Crippen LogP contribution in [0.2, 0.25) is 0 Å². The predicted molar refractivity (Wildman–Crippen MR) is 60.7 cm³/mol. The monoisotopic (exact) mass is 207 g/mol. The Morgan fingerprint density at radius 1 is 1.47 bits per heavy atom. The molecular formula is C11H17N3O. The molecule has 0 radical (unpaired) electrons. The van der Waals surface area contributed by atoms with Crippen LogP contribution in [0.3, 0.4) is 0 Å². The van der Waals surface area contributed by atoms with Gasteiger partial charge in [0, 0.05) is 31.4 Å². The molecule has 0 saturated heterocycles. The number of hydrogen-bond donors (Lipinski definition) is 1. The van der Waals surface area contributed by atoms with E-state index in [2.05, 4.69) is 29.0 Å². The van der Waals surface area contributed by atoms with Crippen molar-refractivity contribution in [1.82, 2.24) is 10.3 Å². The second kappa shape index (κ2) is 6.01. The summed E-state index contributed by atoms with van der Waals surface area (Å²) in [5.41, 5.74) is 1.05. The molecule has 15 heavy (non-hydrogen) atoms. The highest BCUT2D eigenvalue weighted by Gasteiger charge is 2.08. The molecule has 1 amide bonds. The first-order chi connectivity index (χ1) is 7.33. The number of anilines is 1. The predicted octanol–water partition coefficient (Wildman–Crippen LogP) is 1.17. The second-order valence-corrected chi connectivity index (χ2v) is 3.16. The zero-order chi connectivity index (χ0) is 11.1. The van der Waals surface area contributed by atoms with Crippen LogP contribution >= 0.6 is 0 Å². The average Bonchev–Trinajstić information content (AvgIpc) is 2.29. The fourth-order valence-electron chi connectivity index (χ4n) is 1.53. The van der Waals surface area contributed by atoms with Crippen molar-refractivity contribution in [1.29, 1.82) is 0 Å². The fourth-order valence-corrected chi connectivity index (χ4v) is 1.53. The molecular weight excluding hydrogens is 190 g/mol. The van der Waals surface area contributed by atoms with Crippen molar-refractivity contribution in [3.63, 3.8) is 0 Å². The van der Waals surface area contributed by atoms with Crippen LogP contribution in [0.1, 0.15) is 19.4 Å². The van der Waals surface area contributed by atoms with Gasteiger partial charge in [-0.3, -0.25) is 4.79 Å². The summed E-state index contributed by atoms with van der Waals surface area (Å²) in [6, 6.07) is 3.87. The summed E-state index contributed by atoms with van der Waals surface area (Å²) in [6.07, 6.45) is 2.48. The third-order valence-electron chi connectivity index (χ3n) is 2.31. The first kappa shape index (κ1) is 11.5. The van der Waals surface area contributed by atoms with E-state index in [1.807, 2.05) is 12.1 Å². The second-order valence-electron chi connectivity index (χ2n) is 3.16. The topological polar surface area (TPSA) is 45.2 Å². The highest BCUT2D eigenvalue weighted by Crippen LogP contribution is 2.16. The molecule has 1 aromatic rings. The molecule has 1 aromatic heterocycles. The number of pyridine rings is 1. The Kier molecular flexibility index (Phi) is 4.60. The van der Waals surface area contributed by atoms with Gasteiger partial charge in [0.25, 0.3) is 0 Å². The first-order valence-electron chi connectivity index (χ1n) is 5.19. The molecule has 82 valence electrons. The van der Waals surface area contributed by atoms with Crippen molar-refractivity contribution in [2.45, 2.75) is 20.4 Å². The standard InChI is InChI=1S/C11H17N3O/c1-3-14(4-2)11-10(8-12-9-15)6-5-7-13-11/h5-7,9H,3-4,8H2,1-2H3,(H,12,15). The minimum absolute atomic E-state index is 0.531. The van der Waals surface area contributed by atoms with Crippen molar-refractivity contribution in [2.24, 2.45) is 0 Å². The number of amides is 1. The molecule has 4 nitrogen and oxygen atoms in total. The molecule has 0 unspecified atom stereocenters. The van der Waals surface area contributed by atoms with E-state index in [4.69, 9.17) is 0 Å². The van der Waals surface area contributed by atoms with Crippen LogP contribution in [-0.2, 0) is 11.3 Å². The lowest BCUT2D eigenvalue weighted by atomic mass is 10.2. The lowest BCUT2D eigenvalue weighted by Crippen LogP contribution is -2.25. The van der Waals surface area contributed by atoms with Gasteiger partial charge in [0.2, 0.25) is 6.41 Å². The number of rotatable bonds is 6. The van der Waals surface area contributed by atoms with E-state index in [1.165, 1.54) is 0 Å². The zero-order valence-electron chi connectivity index (χ0n) is 9.23. The van der Waals surface area contributed by atoms with Crippen molar-refractivity contribution in [3.8, 4) is 0 Å². The van der Waals surface area contributed by atoms with E-state index in [0.29, 0.717) is 13.0 Å². The zero-order valence-corrected chi connectivity index (χ0v) is 9.23. The lowest BCUT2D eigenvalue weighted by Gasteiger charge is -2.22. The molecule has 0 fully saturated rings. The van der Waals surface area contributed by atoms with Gasteiger partial charge in [-0.05, 0) is 19.9 Å². The molecule has 1 heterocycles. The Labute approximate surface area is 90.3 Å². The summed E-state index contributed by atoms with van der Waals surface area (Å²) < 4.78 is 0. The Balaban J connectivity index is 2.88. The van der Waals surface area contributed by atoms with E-state index in [9.17, 15) is 4.79 Å². The molecule has 0 aliphatic rings. The maximum atomic E-state index is 10.3. The highest BCUT2D eigenvalue weighted by molar-refractivity contribution is 5.50. The summed E-state index contributed by atoms with van der Waals surface area (Å²) in [5.74, 6) is 0.955. The Hall–Kier alpha value is -1.58.